The number of pyridine rings is 1. The molecule has 0 saturated heterocycles. The molecule has 1 aromatic heterocycles. The van der Waals surface area contributed by atoms with Gasteiger partial charge in [-0.05, 0) is 41.8 Å². The van der Waals surface area contributed by atoms with Crippen molar-refractivity contribution >= 4 is 10.9 Å². The zero-order valence-corrected chi connectivity index (χ0v) is 12.3. The lowest BCUT2D eigenvalue weighted by molar-refractivity contribution is 0.675. The lowest BCUT2D eigenvalue weighted by Crippen LogP contribution is -2.13. The molecule has 0 saturated carbocycles. The van der Waals surface area contributed by atoms with Crippen LogP contribution < -0.4 is 5.32 Å². The van der Waals surface area contributed by atoms with Gasteiger partial charge >= 0.3 is 0 Å². The first-order valence-corrected chi connectivity index (χ1v) is 7.51. The van der Waals surface area contributed by atoms with Crippen molar-refractivity contribution in [3.8, 4) is 11.1 Å². The highest BCUT2D eigenvalue weighted by Gasteiger charge is 2.01. The van der Waals surface area contributed by atoms with Crippen molar-refractivity contribution < 1.29 is 0 Å². The Bertz CT molecular complexity index is 717. The number of fused-ring (bicyclic) bond motifs is 1. The van der Waals surface area contributed by atoms with Gasteiger partial charge < -0.3 is 5.32 Å². The van der Waals surface area contributed by atoms with Crippen molar-refractivity contribution in [1.29, 1.82) is 0 Å². The first-order chi connectivity index (χ1) is 10.4. The minimum atomic E-state index is 0.938. The molecule has 2 heteroatoms. The second kappa shape index (κ2) is 6.51. The van der Waals surface area contributed by atoms with Crippen LogP contribution in [-0.4, -0.2) is 11.5 Å². The van der Waals surface area contributed by atoms with E-state index in [0.717, 1.165) is 18.6 Å². The molecule has 0 fully saturated rings. The van der Waals surface area contributed by atoms with Crippen LogP contribution in [0.15, 0.2) is 60.8 Å². The second-order valence-electron chi connectivity index (χ2n) is 5.28. The van der Waals surface area contributed by atoms with E-state index in [1.807, 2.05) is 12.3 Å². The first kappa shape index (κ1) is 13.8. The highest BCUT2D eigenvalue weighted by Crippen LogP contribution is 2.23. The summed E-state index contributed by atoms with van der Waals surface area (Å²) in [6, 6.07) is 19.3. The molecule has 0 aliphatic heterocycles. The fraction of sp³-hybridized carbons (Fsp3) is 0.211. The van der Waals surface area contributed by atoms with Crippen LogP contribution in [0.4, 0.5) is 0 Å². The van der Waals surface area contributed by atoms with Gasteiger partial charge in [0.05, 0.1) is 5.52 Å². The lowest BCUT2D eigenvalue weighted by atomic mass is 10.0. The molecule has 3 aromatic rings. The third-order valence-corrected chi connectivity index (χ3v) is 3.65. The fourth-order valence-corrected chi connectivity index (χ4v) is 2.47. The molecule has 0 unspecified atom stereocenters. The number of aromatic nitrogens is 1. The van der Waals surface area contributed by atoms with Crippen molar-refractivity contribution in [3.63, 3.8) is 0 Å². The van der Waals surface area contributed by atoms with Gasteiger partial charge in [-0.3, -0.25) is 4.98 Å². The predicted molar refractivity (Wildman–Crippen MR) is 89.2 cm³/mol. The van der Waals surface area contributed by atoms with E-state index in [0.29, 0.717) is 0 Å². The van der Waals surface area contributed by atoms with Gasteiger partial charge in [-0.25, -0.2) is 0 Å². The molecule has 106 valence electrons. The van der Waals surface area contributed by atoms with Crippen molar-refractivity contribution in [3.05, 3.63) is 66.4 Å². The van der Waals surface area contributed by atoms with Crippen molar-refractivity contribution in [1.82, 2.24) is 10.3 Å². The third-order valence-electron chi connectivity index (χ3n) is 3.65. The molecule has 1 N–H and O–H groups in total. The van der Waals surface area contributed by atoms with Crippen molar-refractivity contribution in [2.45, 2.75) is 19.9 Å². The summed E-state index contributed by atoms with van der Waals surface area (Å²) in [5.74, 6) is 0. The summed E-state index contributed by atoms with van der Waals surface area (Å²) in [6.07, 6.45) is 3.01. The third kappa shape index (κ3) is 3.29. The van der Waals surface area contributed by atoms with Gasteiger partial charge in [0, 0.05) is 18.1 Å². The Morgan fingerprint density at radius 3 is 2.57 bits per heavy atom. The minimum Gasteiger partial charge on any atom is -0.313 e. The quantitative estimate of drug-likeness (QED) is 0.699. The highest BCUT2D eigenvalue weighted by atomic mass is 14.8. The minimum absolute atomic E-state index is 0.938. The van der Waals surface area contributed by atoms with E-state index in [2.05, 4.69) is 65.8 Å². The van der Waals surface area contributed by atoms with E-state index >= 15 is 0 Å². The zero-order valence-electron chi connectivity index (χ0n) is 12.3. The van der Waals surface area contributed by atoms with Crippen LogP contribution in [0.25, 0.3) is 22.0 Å². The maximum absolute atomic E-state index is 4.42. The van der Waals surface area contributed by atoms with Crippen molar-refractivity contribution in [2.24, 2.45) is 0 Å². The highest BCUT2D eigenvalue weighted by molar-refractivity contribution is 5.84. The van der Waals surface area contributed by atoms with E-state index in [1.54, 1.807) is 0 Å². The second-order valence-corrected chi connectivity index (χ2v) is 5.28. The smallest absolute Gasteiger partial charge is 0.0708 e. The summed E-state index contributed by atoms with van der Waals surface area (Å²) in [6.45, 7) is 4.19. The van der Waals surface area contributed by atoms with Gasteiger partial charge in [-0.2, -0.15) is 0 Å². The standard InChI is InChI=1S/C19H20N2/c1-2-11-20-14-15-5-7-16(8-6-15)18-10-9-17-4-3-12-21-19(17)13-18/h3-10,12-13,20H,2,11,14H2,1H3. The molecule has 2 nitrogen and oxygen atoms in total. The summed E-state index contributed by atoms with van der Waals surface area (Å²) in [4.78, 5) is 4.42. The molecule has 2 aromatic carbocycles. The maximum atomic E-state index is 4.42. The summed E-state index contributed by atoms with van der Waals surface area (Å²) in [5, 5.41) is 4.61. The SMILES string of the molecule is CCCNCc1ccc(-c2ccc3cccnc3c2)cc1. The molecule has 0 radical (unpaired) electrons. The van der Waals surface area contributed by atoms with Crippen LogP contribution in [0.1, 0.15) is 18.9 Å². The Labute approximate surface area is 125 Å². The van der Waals surface area contributed by atoms with Gasteiger partial charge in [0.15, 0.2) is 0 Å². The molecule has 0 spiro atoms. The molecular weight excluding hydrogens is 256 g/mol. The average molecular weight is 276 g/mol. The molecule has 0 atom stereocenters. The number of nitrogens with one attached hydrogen (secondary N) is 1. The fourth-order valence-electron chi connectivity index (χ4n) is 2.47. The first-order valence-electron chi connectivity index (χ1n) is 7.51. The van der Waals surface area contributed by atoms with Gasteiger partial charge in [0.1, 0.15) is 0 Å². The Morgan fingerprint density at radius 2 is 1.76 bits per heavy atom. The number of hydrogen-bond donors (Lipinski definition) is 1. The Hall–Kier alpha value is -2.19. The maximum Gasteiger partial charge on any atom is 0.0708 e. The van der Waals surface area contributed by atoms with Crippen LogP contribution in [0, 0.1) is 0 Å². The molecule has 0 amide bonds. The molecule has 3 rings (SSSR count). The molecule has 0 aliphatic rings. The van der Waals surface area contributed by atoms with E-state index in [-0.39, 0.29) is 0 Å². The molecule has 0 bridgehead atoms. The van der Waals surface area contributed by atoms with E-state index < -0.39 is 0 Å². The summed E-state index contributed by atoms with van der Waals surface area (Å²) >= 11 is 0. The van der Waals surface area contributed by atoms with E-state index in [9.17, 15) is 0 Å². The number of hydrogen-bond acceptors (Lipinski definition) is 2. The molecule has 1 heterocycles. The Morgan fingerprint density at radius 1 is 0.952 bits per heavy atom. The number of rotatable bonds is 5. The number of benzene rings is 2. The zero-order chi connectivity index (χ0) is 14.5. The summed E-state index contributed by atoms with van der Waals surface area (Å²) in [7, 11) is 0. The van der Waals surface area contributed by atoms with Crippen LogP contribution in [0.2, 0.25) is 0 Å². The largest absolute Gasteiger partial charge is 0.313 e. The topological polar surface area (TPSA) is 24.9 Å². The van der Waals surface area contributed by atoms with Gasteiger partial charge in [-0.15, -0.1) is 0 Å². The summed E-state index contributed by atoms with van der Waals surface area (Å²) < 4.78 is 0. The molecular formula is C19H20N2. The van der Waals surface area contributed by atoms with Crippen LogP contribution >= 0.6 is 0 Å². The van der Waals surface area contributed by atoms with Gasteiger partial charge in [0.2, 0.25) is 0 Å². The van der Waals surface area contributed by atoms with E-state index in [1.165, 1.54) is 28.5 Å². The summed E-state index contributed by atoms with van der Waals surface area (Å²) in [5.41, 5.74) is 4.82. The number of nitrogens with zero attached hydrogens (tertiary/aromatic N) is 1. The van der Waals surface area contributed by atoms with Crippen LogP contribution in [-0.2, 0) is 6.54 Å². The molecule has 0 aliphatic carbocycles. The van der Waals surface area contributed by atoms with E-state index in [4.69, 9.17) is 0 Å². The van der Waals surface area contributed by atoms with Gasteiger partial charge in [-0.1, -0.05) is 49.4 Å². The van der Waals surface area contributed by atoms with Crippen LogP contribution in [0.3, 0.4) is 0 Å². The normalized spacial score (nSPS) is 10.9. The van der Waals surface area contributed by atoms with Crippen LogP contribution in [0.5, 0.6) is 0 Å². The molecule has 21 heavy (non-hydrogen) atoms. The monoisotopic (exact) mass is 276 g/mol. The van der Waals surface area contributed by atoms with Crippen molar-refractivity contribution in [2.75, 3.05) is 6.54 Å². The Kier molecular flexibility index (Phi) is 4.27. The predicted octanol–water partition coefficient (Wildman–Crippen LogP) is 4.40. The average Bonchev–Trinajstić information content (AvgIpc) is 2.55. The lowest BCUT2D eigenvalue weighted by Gasteiger charge is -2.06. The Balaban J connectivity index is 1.81. The van der Waals surface area contributed by atoms with Gasteiger partial charge in [0.25, 0.3) is 0 Å².